The lowest BCUT2D eigenvalue weighted by Gasteiger charge is -2.18. The maximum Gasteiger partial charge on any atom is 0.306 e. The minimum atomic E-state index is -0.758. The van der Waals surface area contributed by atoms with E-state index >= 15 is 0 Å². The Labute approximate surface area is 323 Å². The molecular formula is C46H88O6. The maximum absolute atomic E-state index is 12.7. The molecule has 0 aromatic rings. The van der Waals surface area contributed by atoms with Gasteiger partial charge in [0, 0.05) is 19.3 Å². The Morgan fingerprint density at radius 3 is 0.942 bits per heavy atom. The van der Waals surface area contributed by atoms with Gasteiger partial charge in [-0.3, -0.25) is 14.4 Å². The van der Waals surface area contributed by atoms with Gasteiger partial charge < -0.3 is 14.2 Å². The van der Waals surface area contributed by atoms with E-state index in [9.17, 15) is 14.4 Å². The van der Waals surface area contributed by atoms with Crippen LogP contribution in [0.2, 0.25) is 0 Å². The second-order valence-electron chi connectivity index (χ2n) is 16.6. The van der Waals surface area contributed by atoms with E-state index in [1.54, 1.807) is 0 Å². The largest absolute Gasteiger partial charge is 0.462 e. The van der Waals surface area contributed by atoms with E-state index in [0.717, 1.165) is 76.0 Å². The monoisotopic (exact) mass is 737 g/mol. The van der Waals surface area contributed by atoms with Gasteiger partial charge in [0.05, 0.1) is 0 Å². The van der Waals surface area contributed by atoms with Crippen LogP contribution in [-0.2, 0) is 28.6 Å². The highest BCUT2D eigenvalue weighted by atomic mass is 16.6. The average molecular weight is 737 g/mol. The topological polar surface area (TPSA) is 78.9 Å². The van der Waals surface area contributed by atoms with E-state index < -0.39 is 6.10 Å². The van der Waals surface area contributed by atoms with Crippen molar-refractivity contribution in [3.05, 3.63) is 0 Å². The van der Waals surface area contributed by atoms with Crippen molar-refractivity contribution < 1.29 is 28.6 Å². The summed E-state index contributed by atoms with van der Waals surface area (Å²) < 4.78 is 16.6. The van der Waals surface area contributed by atoms with Crippen LogP contribution in [0.15, 0.2) is 0 Å². The first-order valence-corrected chi connectivity index (χ1v) is 22.7. The van der Waals surface area contributed by atoms with Crippen molar-refractivity contribution in [2.45, 2.75) is 253 Å². The van der Waals surface area contributed by atoms with E-state index in [4.69, 9.17) is 14.2 Å². The number of esters is 3. The molecule has 0 heterocycles. The van der Waals surface area contributed by atoms with Gasteiger partial charge in [0.1, 0.15) is 13.2 Å². The van der Waals surface area contributed by atoms with Crippen LogP contribution < -0.4 is 0 Å². The van der Waals surface area contributed by atoms with Crippen molar-refractivity contribution in [3.63, 3.8) is 0 Å². The van der Waals surface area contributed by atoms with Gasteiger partial charge in [-0.15, -0.1) is 0 Å². The third-order valence-corrected chi connectivity index (χ3v) is 10.2. The summed E-state index contributed by atoms with van der Waals surface area (Å²) in [6.07, 6.45) is 37.0. The molecule has 6 heteroatoms. The fraction of sp³-hybridized carbons (Fsp3) is 0.935. The van der Waals surface area contributed by atoms with E-state index in [2.05, 4.69) is 34.6 Å². The molecule has 1 atom stereocenters. The minimum Gasteiger partial charge on any atom is -0.462 e. The Bertz CT molecular complexity index is 794. The van der Waals surface area contributed by atoms with Gasteiger partial charge in [-0.25, -0.2) is 0 Å². The van der Waals surface area contributed by atoms with Crippen LogP contribution in [0, 0.1) is 11.8 Å². The van der Waals surface area contributed by atoms with Crippen LogP contribution in [0.4, 0.5) is 0 Å². The molecule has 0 saturated heterocycles. The van der Waals surface area contributed by atoms with Gasteiger partial charge in [0.2, 0.25) is 0 Å². The molecule has 0 aliphatic carbocycles. The normalized spacial score (nSPS) is 12.1. The molecule has 0 saturated carbocycles. The molecular weight excluding hydrogens is 649 g/mol. The molecule has 0 aliphatic rings. The first-order valence-electron chi connectivity index (χ1n) is 22.7. The predicted octanol–water partition coefficient (Wildman–Crippen LogP) is 14.2. The van der Waals surface area contributed by atoms with Crippen LogP contribution in [0.5, 0.6) is 0 Å². The molecule has 0 aromatic heterocycles. The molecule has 0 aromatic carbocycles. The summed E-state index contributed by atoms with van der Waals surface area (Å²) in [6.45, 7) is 11.2. The lowest BCUT2D eigenvalue weighted by Crippen LogP contribution is -2.30. The first-order chi connectivity index (χ1) is 25.2. The summed E-state index contributed by atoms with van der Waals surface area (Å²) in [7, 11) is 0. The summed E-state index contributed by atoms with van der Waals surface area (Å²) in [5, 5.41) is 0. The van der Waals surface area contributed by atoms with Gasteiger partial charge >= 0.3 is 17.9 Å². The molecule has 0 aliphatic heterocycles. The van der Waals surface area contributed by atoms with Crippen molar-refractivity contribution in [1.82, 2.24) is 0 Å². The number of unbranched alkanes of at least 4 members (excludes halogenated alkanes) is 25. The molecule has 52 heavy (non-hydrogen) atoms. The van der Waals surface area contributed by atoms with E-state index in [1.807, 2.05) is 0 Å². The first kappa shape index (κ1) is 50.4. The van der Waals surface area contributed by atoms with Crippen molar-refractivity contribution in [2.75, 3.05) is 13.2 Å². The molecule has 0 fully saturated rings. The summed E-state index contributed by atoms with van der Waals surface area (Å²) in [4.78, 5) is 37.4. The molecule has 0 radical (unpaired) electrons. The summed E-state index contributed by atoms with van der Waals surface area (Å²) in [5.74, 6) is 0.772. The average Bonchev–Trinajstić information content (AvgIpc) is 3.11. The summed E-state index contributed by atoms with van der Waals surface area (Å²) >= 11 is 0. The summed E-state index contributed by atoms with van der Waals surface area (Å²) in [5.41, 5.74) is 0. The lowest BCUT2D eigenvalue weighted by atomic mass is 10.0. The SMILES string of the molecule is CCCCCCCC(=O)OC[C@H](COC(=O)CCCCCCCCCCC(C)C)OC(=O)CCCCCCCCCCCCCCCCCC(C)C. The lowest BCUT2D eigenvalue weighted by molar-refractivity contribution is -0.167. The highest BCUT2D eigenvalue weighted by Gasteiger charge is 2.19. The highest BCUT2D eigenvalue weighted by molar-refractivity contribution is 5.71. The summed E-state index contributed by atoms with van der Waals surface area (Å²) in [6, 6.07) is 0. The number of ether oxygens (including phenoxy) is 3. The Hall–Kier alpha value is -1.59. The minimum absolute atomic E-state index is 0.0663. The van der Waals surface area contributed by atoms with Crippen molar-refractivity contribution in [1.29, 1.82) is 0 Å². The Morgan fingerprint density at radius 2 is 0.635 bits per heavy atom. The van der Waals surface area contributed by atoms with Crippen LogP contribution in [0.1, 0.15) is 247 Å². The van der Waals surface area contributed by atoms with Gasteiger partial charge in [-0.1, -0.05) is 208 Å². The Balaban J connectivity index is 4.15. The second-order valence-corrected chi connectivity index (χ2v) is 16.6. The van der Waals surface area contributed by atoms with Crippen molar-refractivity contribution in [3.8, 4) is 0 Å². The predicted molar refractivity (Wildman–Crippen MR) is 220 cm³/mol. The standard InChI is InChI=1S/C46H88O6/c1-6-7-8-24-31-36-44(47)50-39-43(40-51-45(48)37-32-27-22-19-18-21-26-30-35-42(4)5)52-46(49)38-33-28-23-17-15-13-11-9-10-12-14-16-20-25-29-34-41(2)3/h41-43H,6-40H2,1-5H3/t43-/m1/s1. The molecule has 0 amide bonds. The zero-order valence-corrected chi connectivity index (χ0v) is 35.4. The molecule has 0 unspecified atom stereocenters. The maximum atomic E-state index is 12.7. The molecule has 0 spiro atoms. The third-order valence-electron chi connectivity index (χ3n) is 10.2. The molecule has 308 valence electrons. The Kier molecular flexibility index (Phi) is 37.9. The van der Waals surface area contributed by atoms with Gasteiger partial charge in [-0.2, -0.15) is 0 Å². The fourth-order valence-corrected chi connectivity index (χ4v) is 6.75. The Morgan fingerprint density at radius 1 is 0.365 bits per heavy atom. The van der Waals surface area contributed by atoms with Crippen LogP contribution in [0.3, 0.4) is 0 Å². The van der Waals surface area contributed by atoms with E-state index in [1.165, 1.54) is 128 Å². The zero-order valence-electron chi connectivity index (χ0n) is 35.4. The van der Waals surface area contributed by atoms with Crippen molar-refractivity contribution in [2.24, 2.45) is 11.8 Å². The van der Waals surface area contributed by atoms with Crippen LogP contribution in [-0.4, -0.2) is 37.2 Å². The van der Waals surface area contributed by atoms with Gasteiger partial charge in [-0.05, 0) is 31.1 Å². The second kappa shape index (κ2) is 39.1. The van der Waals surface area contributed by atoms with E-state index in [0.29, 0.717) is 19.3 Å². The smallest absolute Gasteiger partial charge is 0.306 e. The molecule has 0 rings (SSSR count). The van der Waals surface area contributed by atoms with Crippen molar-refractivity contribution >= 4 is 17.9 Å². The van der Waals surface area contributed by atoms with Gasteiger partial charge in [0.15, 0.2) is 6.10 Å². The molecule has 0 bridgehead atoms. The fourth-order valence-electron chi connectivity index (χ4n) is 6.75. The van der Waals surface area contributed by atoms with E-state index in [-0.39, 0.29) is 31.1 Å². The number of rotatable bonds is 40. The quantitative estimate of drug-likeness (QED) is 0.0354. The van der Waals surface area contributed by atoms with Crippen LogP contribution >= 0.6 is 0 Å². The number of hydrogen-bond donors (Lipinski definition) is 0. The van der Waals surface area contributed by atoms with Crippen LogP contribution in [0.25, 0.3) is 0 Å². The molecule has 0 N–H and O–H groups in total. The van der Waals surface area contributed by atoms with Gasteiger partial charge in [0.25, 0.3) is 0 Å². The number of hydrogen-bond acceptors (Lipinski definition) is 6. The highest BCUT2D eigenvalue weighted by Crippen LogP contribution is 2.17. The molecule has 6 nitrogen and oxygen atoms in total. The zero-order chi connectivity index (χ0) is 38.3. The number of carbonyl (C=O) groups excluding carboxylic acids is 3. The third kappa shape index (κ3) is 39.6. The number of carbonyl (C=O) groups is 3.